The van der Waals surface area contributed by atoms with E-state index in [2.05, 4.69) is 4.72 Å². The Balaban J connectivity index is 1.64. The van der Waals surface area contributed by atoms with Crippen LogP contribution in [0.25, 0.3) is 11.1 Å². The van der Waals surface area contributed by atoms with Crippen LogP contribution in [-0.2, 0) is 16.6 Å². The molecule has 2 aromatic carbocycles. The van der Waals surface area contributed by atoms with Gasteiger partial charge in [-0.15, -0.1) is 0 Å². The molecule has 5 nitrogen and oxygen atoms in total. The molecule has 0 spiro atoms. The SMILES string of the molecule is Cc1cccc(Oc2ccc(-c3ccc[n+]4c3NS(=O)(=O)CC4)cc2)c1. The Bertz CT molecular complexity index is 1060. The molecule has 0 saturated carbocycles. The molecule has 3 aromatic rings. The van der Waals surface area contributed by atoms with Gasteiger partial charge < -0.3 is 4.74 Å². The van der Waals surface area contributed by atoms with Gasteiger partial charge in [0.1, 0.15) is 23.8 Å². The molecule has 0 fully saturated rings. The first-order valence-corrected chi connectivity index (χ1v) is 10.0. The molecule has 0 radical (unpaired) electrons. The lowest BCUT2D eigenvalue weighted by Crippen LogP contribution is -2.47. The molecule has 0 unspecified atom stereocenters. The maximum Gasteiger partial charge on any atom is 0.302 e. The van der Waals surface area contributed by atoms with Gasteiger partial charge in [0.25, 0.3) is 5.82 Å². The van der Waals surface area contributed by atoms with Crippen LogP contribution in [0, 0.1) is 6.92 Å². The fraction of sp³-hybridized carbons (Fsp3) is 0.150. The van der Waals surface area contributed by atoms with E-state index >= 15 is 0 Å². The minimum atomic E-state index is -3.28. The van der Waals surface area contributed by atoms with Crippen molar-refractivity contribution in [1.29, 1.82) is 0 Å². The van der Waals surface area contributed by atoms with Crippen molar-refractivity contribution in [2.75, 3.05) is 10.5 Å². The van der Waals surface area contributed by atoms with Gasteiger partial charge >= 0.3 is 10.0 Å². The summed E-state index contributed by atoms with van der Waals surface area (Å²) < 4.78 is 34.3. The number of pyridine rings is 1. The van der Waals surface area contributed by atoms with Crippen molar-refractivity contribution in [3.05, 3.63) is 72.4 Å². The molecule has 0 saturated heterocycles. The molecule has 0 amide bonds. The second-order valence-electron chi connectivity index (χ2n) is 6.33. The van der Waals surface area contributed by atoms with Crippen LogP contribution in [0.2, 0.25) is 0 Å². The number of nitrogens with one attached hydrogen (secondary N) is 1. The zero-order valence-electron chi connectivity index (χ0n) is 14.3. The van der Waals surface area contributed by atoms with E-state index in [0.717, 1.165) is 28.2 Å². The highest BCUT2D eigenvalue weighted by Crippen LogP contribution is 2.30. The Labute approximate surface area is 152 Å². The van der Waals surface area contributed by atoms with Crippen LogP contribution in [0.4, 0.5) is 5.82 Å². The summed E-state index contributed by atoms with van der Waals surface area (Å²) in [7, 11) is -3.28. The van der Waals surface area contributed by atoms with Crippen LogP contribution in [0.3, 0.4) is 0 Å². The van der Waals surface area contributed by atoms with E-state index in [4.69, 9.17) is 4.74 Å². The number of aryl methyl sites for hydroxylation is 2. The van der Waals surface area contributed by atoms with E-state index < -0.39 is 10.0 Å². The summed E-state index contributed by atoms with van der Waals surface area (Å²) in [4.78, 5) is 0. The smallest absolute Gasteiger partial charge is 0.302 e. The number of hydrogen-bond acceptors (Lipinski definition) is 3. The Morgan fingerprint density at radius 1 is 1.00 bits per heavy atom. The van der Waals surface area contributed by atoms with Gasteiger partial charge in [0, 0.05) is 0 Å². The third-order valence-corrected chi connectivity index (χ3v) is 5.54. The van der Waals surface area contributed by atoms with Gasteiger partial charge in [0.2, 0.25) is 0 Å². The molecule has 0 atom stereocenters. The van der Waals surface area contributed by atoms with Crippen LogP contribution in [0.5, 0.6) is 11.5 Å². The lowest BCUT2D eigenvalue weighted by Gasteiger charge is -2.16. The van der Waals surface area contributed by atoms with E-state index in [1.807, 2.05) is 78.4 Å². The average molecular weight is 367 g/mol. The van der Waals surface area contributed by atoms with Crippen LogP contribution in [0.15, 0.2) is 66.9 Å². The van der Waals surface area contributed by atoms with Crippen molar-refractivity contribution in [2.45, 2.75) is 13.5 Å². The standard InChI is InChI=1S/C20H18N2O3S/c1-15-4-2-5-18(14-15)25-17-9-7-16(8-10-17)19-6-3-11-22-12-13-26(23,24)21-20(19)22/h2-11,14H,12-13H2,1H3/p+1. The number of hydrogen-bond donors (Lipinski definition) is 1. The normalized spacial score (nSPS) is 15.0. The molecule has 1 aliphatic heterocycles. The quantitative estimate of drug-likeness (QED) is 0.721. The Kier molecular flexibility index (Phi) is 4.12. The number of fused-ring (bicyclic) bond motifs is 1. The second kappa shape index (κ2) is 6.46. The summed E-state index contributed by atoms with van der Waals surface area (Å²) in [6.07, 6.45) is 1.88. The van der Waals surface area contributed by atoms with E-state index in [1.54, 1.807) is 0 Å². The van der Waals surface area contributed by atoms with E-state index in [-0.39, 0.29) is 5.75 Å². The fourth-order valence-corrected chi connectivity index (χ4v) is 4.08. The summed E-state index contributed by atoms with van der Waals surface area (Å²) in [5, 5.41) is 0. The highest BCUT2D eigenvalue weighted by Gasteiger charge is 2.29. The van der Waals surface area contributed by atoms with Crippen molar-refractivity contribution in [3.8, 4) is 22.6 Å². The maximum absolute atomic E-state index is 11.9. The van der Waals surface area contributed by atoms with Gasteiger partial charge in [0.05, 0.1) is 11.8 Å². The van der Waals surface area contributed by atoms with Crippen molar-refractivity contribution in [3.63, 3.8) is 0 Å². The minimum absolute atomic E-state index is 0.0946. The third-order valence-electron chi connectivity index (χ3n) is 4.31. The molecule has 132 valence electrons. The molecule has 0 aliphatic carbocycles. The topological polar surface area (TPSA) is 59.3 Å². The zero-order valence-corrected chi connectivity index (χ0v) is 15.2. The molecule has 1 N–H and O–H groups in total. The van der Waals surface area contributed by atoms with Crippen LogP contribution in [0.1, 0.15) is 5.56 Å². The first-order chi connectivity index (χ1) is 12.5. The highest BCUT2D eigenvalue weighted by molar-refractivity contribution is 7.92. The Morgan fingerprint density at radius 2 is 1.81 bits per heavy atom. The summed E-state index contributed by atoms with van der Waals surface area (Å²) >= 11 is 0. The number of aromatic nitrogens is 1. The Hall–Kier alpha value is -2.86. The number of benzene rings is 2. The number of rotatable bonds is 3. The number of ether oxygens (including phenoxy) is 1. The molecule has 2 heterocycles. The largest absolute Gasteiger partial charge is 0.457 e. The number of nitrogens with zero attached hydrogens (tertiary/aromatic N) is 1. The van der Waals surface area contributed by atoms with E-state index in [0.29, 0.717) is 12.4 Å². The molecule has 6 heteroatoms. The lowest BCUT2D eigenvalue weighted by atomic mass is 10.1. The Morgan fingerprint density at radius 3 is 2.58 bits per heavy atom. The van der Waals surface area contributed by atoms with Crippen molar-refractivity contribution in [2.24, 2.45) is 0 Å². The highest BCUT2D eigenvalue weighted by atomic mass is 32.2. The number of anilines is 1. The van der Waals surface area contributed by atoms with Gasteiger partial charge in [-0.1, -0.05) is 24.3 Å². The molecule has 26 heavy (non-hydrogen) atoms. The monoisotopic (exact) mass is 367 g/mol. The summed E-state index contributed by atoms with van der Waals surface area (Å²) in [5.74, 6) is 2.22. The average Bonchev–Trinajstić information content (AvgIpc) is 2.61. The summed E-state index contributed by atoms with van der Waals surface area (Å²) in [6.45, 7) is 2.47. The predicted molar refractivity (Wildman–Crippen MR) is 101 cm³/mol. The maximum atomic E-state index is 11.9. The van der Waals surface area contributed by atoms with Crippen molar-refractivity contribution >= 4 is 15.8 Å². The predicted octanol–water partition coefficient (Wildman–Crippen LogP) is 3.50. The molecule has 4 rings (SSSR count). The first kappa shape index (κ1) is 16.6. The van der Waals surface area contributed by atoms with E-state index in [9.17, 15) is 8.42 Å². The van der Waals surface area contributed by atoms with E-state index in [1.165, 1.54) is 0 Å². The lowest BCUT2D eigenvalue weighted by molar-refractivity contribution is -0.679. The molecule has 0 bridgehead atoms. The van der Waals surface area contributed by atoms with Crippen molar-refractivity contribution < 1.29 is 17.7 Å². The van der Waals surface area contributed by atoms with Crippen LogP contribution >= 0.6 is 0 Å². The molecule has 1 aliphatic rings. The second-order valence-corrected chi connectivity index (χ2v) is 8.17. The molecular formula is C20H19N2O3S+. The minimum Gasteiger partial charge on any atom is -0.457 e. The zero-order chi connectivity index (χ0) is 18.1. The molecular weight excluding hydrogens is 348 g/mol. The van der Waals surface area contributed by atoms with Gasteiger partial charge in [-0.25, -0.2) is 4.57 Å². The first-order valence-electron chi connectivity index (χ1n) is 8.38. The van der Waals surface area contributed by atoms with Crippen LogP contribution in [-0.4, -0.2) is 14.2 Å². The van der Waals surface area contributed by atoms with Gasteiger partial charge in [0.15, 0.2) is 0 Å². The van der Waals surface area contributed by atoms with Crippen molar-refractivity contribution in [1.82, 2.24) is 0 Å². The fourth-order valence-electron chi connectivity index (χ4n) is 3.02. The number of sulfonamides is 1. The van der Waals surface area contributed by atoms with Gasteiger partial charge in [-0.2, -0.15) is 13.1 Å². The van der Waals surface area contributed by atoms with Gasteiger partial charge in [-0.05, 0) is 54.4 Å². The summed E-state index contributed by atoms with van der Waals surface area (Å²) in [6, 6.07) is 19.4. The summed E-state index contributed by atoms with van der Waals surface area (Å²) in [5.41, 5.74) is 2.91. The van der Waals surface area contributed by atoms with Gasteiger partial charge in [-0.3, -0.25) is 0 Å². The molecule has 1 aromatic heterocycles. The van der Waals surface area contributed by atoms with Crippen LogP contribution < -0.4 is 14.0 Å². The third kappa shape index (κ3) is 3.41.